The number of aromatic nitrogens is 3. The molecule has 7 heteroatoms. The summed E-state index contributed by atoms with van der Waals surface area (Å²) in [6.45, 7) is 3.95. The van der Waals surface area contributed by atoms with Crippen molar-refractivity contribution in [2.75, 3.05) is 0 Å². The highest BCUT2D eigenvalue weighted by Gasteiger charge is 2.13. The van der Waals surface area contributed by atoms with Crippen molar-refractivity contribution in [2.24, 2.45) is 0 Å². The van der Waals surface area contributed by atoms with E-state index < -0.39 is 0 Å². The number of rotatable bonds is 4. The molecule has 0 aliphatic heterocycles. The van der Waals surface area contributed by atoms with Crippen LogP contribution in [0.5, 0.6) is 0 Å². The van der Waals surface area contributed by atoms with E-state index in [1.807, 2.05) is 38.1 Å². The molecule has 0 radical (unpaired) electrons. The van der Waals surface area contributed by atoms with Gasteiger partial charge in [0.25, 0.3) is 5.22 Å². The summed E-state index contributed by atoms with van der Waals surface area (Å²) in [7, 11) is 0. The fourth-order valence-corrected chi connectivity index (χ4v) is 3.41. The van der Waals surface area contributed by atoms with Crippen LogP contribution in [0.3, 0.4) is 0 Å². The molecule has 0 atom stereocenters. The quantitative estimate of drug-likeness (QED) is 0.397. The molecule has 4 rings (SSSR count). The fraction of sp³-hybridized carbons (Fsp3) is 0.158. The Morgan fingerprint density at radius 1 is 1.12 bits per heavy atom. The molecule has 26 heavy (non-hydrogen) atoms. The molecule has 130 valence electrons. The zero-order valence-electron chi connectivity index (χ0n) is 14.2. The molecule has 0 aliphatic rings. The minimum Gasteiger partial charge on any atom is -0.422 e. The molecule has 1 aromatic carbocycles. The Kier molecular flexibility index (Phi) is 4.30. The molecule has 0 unspecified atom stereocenters. The Morgan fingerprint density at radius 3 is 2.81 bits per heavy atom. The minimum atomic E-state index is -0.358. The molecule has 0 amide bonds. The van der Waals surface area contributed by atoms with Gasteiger partial charge in [0.15, 0.2) is 0 Å². The Bertz CT molecular complexity index is 1140. The number of nitrogens with zero attached hydrogens (tertiary/aromatic N) is 3. The maximum atomic E-state index is 11.9. The van der Waals surface area contributed by atoms with E-state index in [0.29, 0.717) is 22.4 Å². The highest BCUT2D eigenvalue weighted by Crippen LogP contribution is 2.29. The summed E-state index contributed by atoms with van der Waals surface area (Å²) in [5, 5.41) is 9.47. The van der Waals surface area contributed by atoms with Gasteiger partial charge in [0, 0.05) is 29.6 Å². The van der Waals surface area contributed by atoms with Gasteiger partial charge < -0.3 is 8.83 Å². The summed E-state index contributed by atoms with van der Waals surface area (Å²) >= 11 is 1.38. The second-order valence-electron chi connectivity index (χ2n) is 5.88. The third-order valence-electron chi connectivity index (χ3n) is 4.18. The first-order valence-electron chi connectivity index (χ1n) is 8.01. The van der Waals surface area contributed by atoms with E-state index >= 15 is 0 Å². The van der Waals surface area contributed by atoms with Gasteiger partial charge in [-0.1, -0.05) is 23.9 Å². The van der Waals surface area contributed by atoms with Gasteiger partial charge in [-0.15, -0.1) is 10.2 Å². The van der Waals surface area contributed by atoms with E-state index in [1.165, 1.54) is 17.8 Å². The second-order valence-corrected chi connectivity index (χ2v) is 6.80. The molecule has 0 N–H and O–H groups in total. The third kappa shape index (κ3) is 3.13. The summed E-state index contributed by atoms with van der Waals surface area (Å²) in [5.74, 6) is 0.948. The lowest BCUT2D eigenvalue weighted by molar-refractivity contribution is 0.465. The summed E-state index contributed by atoms with van der Waals surface area (Å²) in [5.41, 5.74) is 3.99. The van der Waals surface area contributed by atoms with E-state index in [2.05, 4.69) is 15.2 Å². The maximum Gasteiger partial charge on any atom is 0.336 e. The van der Waals surface area contributed by atoms with Gasteiger partial charge in [-0.05, 0) is 42.7 Å². The van der Waals surface area contributed by atoms with Crippen LogP contribution < -0.4 is 5.63 Å². The first kappa shape index (κ1) is 16.5. The summed E-state index contributed by atoms with van der Waals surface area (Å²) < 4.78 is 11.1. The van der Waals surface area contributed by atoms with Crippen LogP contribution in [0.1, 0.15) is 16.7 Å². The third-order valence-corrected chi connectivity index (χ3v) is 5.05. The molecule has 3 heterocycles. The zero-order valence-corrected chi connectivity index (χ0v) is 15.0. The van der Waals surface area contributed by atoms with Gasteiger partial charge >= 0.3 is 5.63 Å². The molecular weight excluding hydrogens is 350 g/mol. The van der Waals surface area contributed by atoms with Crippen molar-refractivity contribution in [3.63, 3.8) is 0 Å². The number of aryl methyl sites for hydroxylation is 2. The van der Waals surface area contributed by atoms with Crippen LogP contribution in [0.15, 0.2) is 61.6 Å². The van der Waals surface area contributed by atoms with Crippen molar-refractivity contribution in [3.8, 4) is 11.5 Å². The molecule has 0 spiro atoms. The number of fused-ring (bicyclic) bond motifs is 1. The average Bonchev–Trinajstić information content (AvgIpc) is 3.13. The molecular formula is C19H15N3O3S. The smallest absolute Gasteiger partial charge is 0.336 e. The van der Waals surface area contributed by atoms with E-state index in [-0.39, 0.29) is 5.63 Å². The molecule has 4 aromatic rings. The first-order valence-corrected chi connectivity index (χ1v) is 9.00. The molecule has 0 bridgehead atoms. The molecule has 0 aliphatic carbocycles. The number of pyridine rings is 1. The average molecular weight is 365 g/mol. The highest BCUT2D eigenvalue weighted by atomic mass is 32.2. The Morgan fingerprint density at radius 2 is 2.00 bits per heavy atom. The van der Waals surface area contributed by atoms with Crippen molar-refractivity contribution in [3.05, 3.63) is 69.8 Å². The SMILES string of the molecule is Cc1ccc2c(CSc3nnc(-c4cccnc4)o3)cc(=O)oc2c1C. The number of benzene rings is 1. The zero-order chi connectivity index (χ0) is 18.1. The second kappa shape index (κ2) is 6.76. The monoisotopic (exact) mass is 365 g/mol. The topological polar surface area (TPSA) is 82.0 Å². The predicted octanol–water partition coefficient (Wildman–Crippen LogP) is 4.15. The molecule has 0 saturated heterocycles. The van der Waals surface area contributed by atoms with Gasteiger partial charge in [-0.25, -0.2) is 4.79 Å². The van der Waals surface area contributed by atoms with Gasteiger partial charge in [-0.2, -0.15) is 0 Å². The lowest BCUT2D eigenvalue weighted by Gasteiger charge is -2.07. The van der Waals surface area contributed by atoms with Crippen molar-refractivity contribution in [1.29, 1.82) is 0 Å². The summed E-state index contributed by atoms with van der Waals surface area (Å²) in [6, 6.07) is 9.19. The van der Waals surface area contributed by atoms with Crippen LogP contribution in [-0.2, 0) is 5.75 Å². The molecule has 0 saturated carbocycles. The van der Waals surface area contributed by atoms with Crippen LogP contribution in [0.25, 0.3) is 22.4 Å². The van der Waals surface area contributed by atoms with Gasteiger partial charge in [0.2, 0.25) is 5.89 Å². The van der Waals surface area contributed by atoms with Gasteiger partial charge in [0.05, 0.1) is 5.56 Å². The molecule has 3 aromatic heterocycles. The van der Waals surface area contributed by atoms with Crippen LogP contribution in [0, 0.1) is 13.8 Å². The van der Waals surface area contributed by atoms with Crippen molar-refractivity contribution >= 4 is 22.7 Å². The van der Waals surface area contributed by atoms with Crippen LogP contribution in [-0.4, -0.2) is 15.2 Å². The van der Waals surface area contributed by atoms with Crippen molar-refractivity contribution in [1.82, 2.24) is 15.2 Å². The Labute approximate surface area is 153 Å². The van der Waals surface area contributed by atoms with Crippen molar-refractivity contribution < 1.29 is 8.83 Å². The van der Waals surface area contributed by atoms with E-state index in [1.54, 1.807) is 12.4 Å². The van der Waals surface area contributed by atoms with Gasteiger partial charge in [0.1, 0.15) is 5.58 Å². The van der Waals surface area contributed by atoms with Crippen LogP contribution >= 0.6 is 11.8 Å². The van der Waals surface area contributed by atoms with Gasteiger partial charge in [-0.3, -0.25) is 4.98 Å². The fourth-order valence-electron chi connectivity index (χ4n) is 2.66. The molecule has 0 fully saturated rings. The summed E-state index contributed by atoms with van der Waals surface area (Å²) in [4.78, 5) is 16.0. The van der Waals surface area contributed by atoms with Crippen LogP contribution in [0.2, 0.25) is 0 Å². The van der Waals surface area contributed by atoms with Crippen LogP contribution in [0.4, 0.5) is 0 Å². The number of hydrogen-bond acceptors (Lipinski definition) is 7. The first-order chi connectivity index (χ1) is 12.6. The standard InChI is InChI=1S/C19H15N3O3S/c1-11-5-6-15-14(8-16(23)24-17(15)12(11)2)10-26-19-22-21-18(25-19)13-4-3-7-20-9-13/h3-9H,10H2,1-2H3. The van der Waals surface area contributed by atoms with E-state index in [9.17, 15) is 4.79 Å². The Hall–Kier alpha value is -2.93. The largest absolute Gasteiger partial charge is 0.422 e. The lowest BCUT2D eigenvalue weighted by atomic mass is 10.0. The Balaban J connectivity index is 1.62. The van der Waals surface area contributed by atoms with E-state index in [0.717, 1.165) is 27.6 Å². The number of thioether (sulfide) groups is 1. The lowest BCUT2D eigenvalue weighted by Crippen LogP contribution is -2.01. The maximum absolute atomic E-state index is 11.9. The minimum absolute atomic E-state index is 0.358. The van der Waals surface area contributed by atoms with Crippen molar-refractivity contribution in [2.45, 2.75) is 24.8 Å². The number of hydrogen-bond donors (Lipinski definition) is 0. The van der Waals surface area contributed by atoms with E-state index in [4.69, 9.17) is 8.83 Å². The normalized spacial score (nSPS) is 11.2. The molecule has 6 nitrogen and oxygen atoms in total. The predicted molar refractivity (Wildman–Crippen MR) is 99.0 cm³/mol. The summed E-state index contributed by atoms with van der Waals surface area (Å²) in [6.07, 6.45) is 3.36. The highest BCUT2D eigenvalue weighted by molar-refractivity contribution is 7.98.